The number of hydrogen-bond donors (Lipinski definition) is 0. The van der Waals surface area contributed by atoms with Crippen molar-refractivity contribution in [2.24, 2.45) is 0 Å². The summed E-state index contributed by atoms with van der Waals surface area (Å²) in [5, 5.41) is 0. The predicted molar refractivity (Wildman–Crippen MR) is 91.9 cm³/mol. The van der Waals surface area contributed by atoms with Crippen LogP contribution in [0.5, 0.6) is 5.75 Å². The van der Waals surface area contributed by atoms with Crippen LogP contribution >= 0.6 is 0 Å². The molecular weight excluding hydrogens is 304 g/mol. The monoisotopic (exact) mass is 324 g/mol. The van der Waals surface area contributed by atoms with Crippen molar-refractivity contribution in [1.29, 1.82) is 0 Å². The molecule has 1 heterocycles. The standard InChI is InChI=1S/C19H20N2O3/c1-14-5-3-4-6-15(14)13-20-11-12-21(19(23)18(20)22)16-7-9-17(24-2)10-8-16/h3-10H,11-13H2,1-2H3. The van der Waals surface area contributed by atoms with Gasteiger partial charge in [-0.05, 0) is 42.3 Å². The number of nitrogens with zero attached hydrogens (tertiary/aromatic N) is 2. The zero-order valence-corrected chi connectivity index (χ0v) is 13.9. The SMILES string of the molecule is COc1ccc(N2CCN(Cc3ccccc3C)C(=O)C2=O)cc1. The van der Waals surface area contributed by atoms with E-state index in [4.69, 9.17) is 4.74 Å². The van der Waals surface area contributed by atoms with Gasteiger partial charge in [-0.25, -0.2) is 0 Å². The normalized spacial score (nSPS) is 14.9. The Hall–Kier alpha value is -2.82. The van der Waals surface area contributed by atoms with Crippen LogP contribution in [0.3, 0.4) is 0 Å². The van der Waals surface area contributed by atoms with Crippen molar-refractivity contribution in [2.45, 2.75) is 13.5 Å². The number of piperazine rings is 1. The molecule has 0 saturated carbocycles. The molecule has 24 heavy (non-hydrogen) atoms. The van der Waals surface area contributed by atoms with Gasteiger partial charge in [-0.15, -0.1) is 0 Å². The summed E-state index contributed by atoms with van der Waals surface area (Å²) >= 11 is 0. The van der Waals surface area contributed by atoms with Crippen LogP contribution in [0.2, 0.25) is 0 Å². The molecule has 3 rings (SSSR count). The fourth-order valence-corrected chi connectivity index (χ4v) is 2.83. The number of carbonyl (C=O) groups is 2. The smallest absolute Gasteiger partial charge is 0.316 e. The lowest BCUT2D eigenvalue weighted by molar-refractivity contribution is -0.146. The second-order valence-electron chi connectivity index (χ2n) is 5.81. The maximum atomic E-state index is 12.5. The molecule has 124 valence electrons. The molecule has 1 fully saturated rings. The molecule has 1 saturated heterocycles. The van der Waals surface area contributed by atoms with Gasteiger partial charge in [0.1, 0.15) is 5.75 Å². The average Bonchev–Trinajstić information content (AvgIpc) is 2.61. The summed E-state index contributed by atoms with van der Waals surface area (Å²) in [6.45, 7) is 3.48. The minimum atomic E-state index is -0.486. The second kappa shape index (κ2) is 6.74. The number of amides is 2. The van der Waals surface area contributed by atoms with Gasteiger partial charge in [0.2, 0.25) is 0 Å². The molecule has 0 bridgehead atoms. The molecule has 2 aromatic carbocycles. The lowest BCUT2D eigenvalue weighted by Gasteiger charge is -2.34. The lowest BCUT2D eigenvalue weighted by atomic mass is 10.1. The highest BCUT2D eigenvalue weighted by atomic mass is 16.5. The van der Waals surface area contributed by atoms with Crippen molar-refractivity contribution in [3.8, 4) is 5.75 Å². The first-order valence-electron chi connectivity index (χ1n) is 7.89. The number of benzene rings is 2. The Labute approximate surface area is 141 Å². The zero-order chi connectivity index (χ0) is 17.1. The molecule has 0 N–H and O–H groups in total. The maximum Gasteiger partial charge on any atom is 0.316 e. The molecule has 0 radical (unpaired) electrons. The van der Waals surface area contributed by atoms with Crippen LogP contribution in [0.25, 0.3) is 0 Å². The van der Waals surface area contributed by atoms with Crippen LogP contribution in [-0.4, -0.2) is 36.9 Å². The highest BCUT2D eigenvalue weighted by Crippen LogP contribution is 2.22. The Morgan fingerprint density at radius 3 is 2.33 bits per heavy atom. The van der Waals surface area contributed by atoms with E-state index < -0.39 is 11.8 Å². The molecular formula is C19H20N2O3. The van der Waals surface area contributed by atoms with E-state index in [-0.39, 0.29) is 0 Å². The van der Waals surface area contributed by atoms with Crippen molar-refractivity contribution in [1.82, 2.24) is 4.90 Å². The summed E-state index contributed by atoms with van der Waals surface area (Å²) in [6, 6.07) is 15.1. The minimum Gasteiger partial charge on any atom is -0.497 e. The Balaban J connectivity index is 1.73. The summed E-state index contributed by atoms with van der Waals surface area (Å²) in [4.78, 5) is 28.1. The Kier molecular flexibility index (Phi) is 4.51. The first-order chi connectivity index (χ1) is 11.6. The number of carbonyl (C=O) groups excluding carboxylic acids is 2. The summed E-state index contributed by atoms with van der Waals surface area (Å²) < 4.78 is 5.12. The Bertz CT molecular complexity index is 755. The van der Waals surface area contributed by atoms with Crippen LogP contribution in [0.15, 0.2) is 48.5 Å². The van der Waals surface area contributed by atoms with Crippen LogP contribution in [0.4, 0.5) is 5.69 Å². The first kappa shape index (κ1) is 16.1. The number of anilines is 1. The first-order valence-corrected chi connectivity index (χ1v) is 7.89. The van der Waals surface area contributed by atoms with Crippen LogP contribution in [-0.2, 0) is 16.1 Å². The molecule has 1 aliphatic rings. The van der Waals surface area contributed by atoms with Gasteiger partial charge in [0.15, 0.2) is 0 Å². The van der Waals surface area contributed by atoms with Crippen molar-refractivity contribution in [3.05, 3.63) is 59.7 Å². The Morgan fingerprint density at radius 2 is 1.67 bits per heavy atom. The van der Waals surface area contributed by atoms with Crippen LogP contribution in [0.1, 0.15) is 11.1 Å². The summed E-state index contributed by atoms with van der Waals surface area (Å²) in [6.07, 6.45) is 0. The van der Waals surface area contributed by atoms with Crippen LogP contribution in [0, 0.1) is 6.92 Å². The van der Waals surface area contributed by atoms with Gasteiger partial charge in [0, 0.05) is 25.3 Å². The summed E-state index contributed by atoms with van der Waals surface area (Å²) in [5.41, 5.74) is 2.90. The minimum absolute atomic E-state index is 0.458. The van der Waals surface area contributed by atoms with Crippen molar-refractivity contribution >= 4 is 17.5 Å². The number of hydrogen-bond acceptors (Lipinski definition) is 3. The fourth-order valence-electron chi connectivity index (χ4n) is 2.83. The molecule has 0 aromatic heterocycles. The van der Waals surface area contributed by atoms with E-state index in [1.165, 1.54) is 4.90 Å². The Morgan fingerprint density at radius 1 is 0.958 bits per heavy atom. The number of aryl methyl sites for hydroxylation is 1. The van der Waals surface area contributed by atoms with E-state index >= 15 is 0 Å². The van der Waals surface area contributed by atoms with Gasteiger partial charge in [-0.3, -0.25) is 9.59 Å². The third kappa shape index (κ3) is 3.11. The van der Waals surface area contributed by atoms with Crippen molar-refractivity contribution in [3.63, 3.8) is 0 Å². The van der Waals surface area contributed by atoms with Gasteiger partial charge in [-0.1, -0.05) is 24.3 Å². The molecule has 0 spiro atoms. The zero-order valence-electron chi connectivity index (χ0n) is 13.9. The van der Waals surface area contributed by atoms with Gasteiger partial charge < -0.3 is 14.5 Å². The maximum absolute atomic E-state index is 12.5. The summed E-state index contributed by atoms with van der Waals surface area (Å²) in [5.74, 6) is -0.226. The second-order valence-corrected chi connectivity index (χ2v) is 5.81. The van der Waals surface area contributed by atoms with Gasteiger partial charge in [0.25, 0.3) is 0 Å². The highest BCUT2D eigenvalue weighted by molar-refractivity contribution is 6.40. The third-order valence-electron chi connectivity index (χ3n) is 4.32. The predicted octanol–water partition coefficient (Wildman–Crippen LogP) is 2.38. The van der Waals surface area contributed by atoms with E-state index in [1.54, 1.807) is 36.3 Å². The largest absolute Gasteiger partial charge is 0.497 e. The average molecular weight is 324 g/mol. The fraction of sp³-hybridized carbons (Fsp3) is 0.263. The molecule has 5 heteroatoms. The van der Waals surface area contributed by atoms with Gasteiger partial charge in [0.05, 0.1) is 7.11 Å². The van der Waals surface area contributed by atoms with Crippen molar-refractivity contribution < 1.29 is 14.3 Å². The van der Waals surface area contributed by atoms with Crippen molar-refractivity contribution in [2.75, 3.05) is 25.1 Å². The molecule has 5 nitrogen and oxygen atoms in total. The van der Waals surface area contributed by atoms with E-state index in [1.807, 2.05) is 31.2 Å². The number of methoxy groups -OCH3 is 1. The summed E-state index contributed by atoms with van der Waals surface area (Å²) in [7, 11) is 1.59. The highest BCUT2D eigenvalue weighted by Gasteiger charge is 2.33. The molecule has 2 amide bonds. The van der Waals surface area contributed by atoms with Gasteiger partial charge >= 0.3 is 11.8 Å². The topological polar surface area (TPSA) is 49.9 Å². The lowest BCUT2D eigenvalue weighted by Crippen LogP contribution is -2.54. The number of rotatable bonds is 4. The third-order valence-corrected chi connectivity index (χ3v) is 4.32. The van der Waals surface area contributed by atoms with Crippen LogP contribution < -0.4 is 9.64 Å². The van der Waals surface area contributed by atoms with E-state index in [9.17, 15) is 9.59 Å². The molecule has 2 aromatic rings. The quantitative estimate of drug-likeness (QED) is 0.811. The molecule has 1 aliphatic heterocycles. The van der Waals surface area contributed by atoms with Gasteiger partial charge in [-0.2, -0.15) is 0 Å². The van der Waals surface area contributed by atoms with E-state index in [2.05, 4.69) is 0 Å². The molecule has 0 aliphatic carbocycles. The molecule has 0 unspecified atom stereocenters. The van der Waals surface area contributed by atoms with E-state index in [0.29, 0.717) is 25.3 Å². The molecule has 0 atom stereocenters. The number of ether oxygens (including phenoxy) is 1. The van der Waals surface area contributed by atoms with E-state index in [0.717, 1.165) is 16.9 Å².